The van der Waals surface area contributed by atoms with E-state index in [0.29, 0.717) is 5.75 Å². The fraction of sp³-hybridized carbons (Fsp3) is 0.300. The molecule has 2 aliphatic heterocycles. The number of rotatable bonds is 0. The van der Waals surface area contributed by atoms with Gasteiger partial charge in [-0.2, -0.15) is 0 Å². The standard InChI is InChI=1S/C10H8O3/c1-10-8(13-10)6-4-2-3-5-7(6)12-9(10)11/h2-5,8H,1H3. The van der Waals surface area contributed by atoms with Gasteiger partial charge in [0.05, 0.1) is 0 Å². The zero-order valence-electron chi connectivity index (χ0n) is 7.11. The van der Waals surface area contributed by atoms with E-state index in [1.165, 1.54) is 0 Å². The second-order valence-corrected chi connectivity index (χ2v) is 3.53. The lowest BCUT2D eigenvalue weighted by Gasteiger charge is -2.15. The summed E-state index contributed by atoms with van der Waals surface area (Å²) in [6, 6.07) is 7.48. The van der Waals surface area contributed by atoms with Crippen LogP contribution in [0.3, 0.4) is 0 Å². The van der Waals surface area contributed by atoms with Gasteiger partial charge in [-0.1, -0.05) is 18.2 Å². The van der Waals surface area contributed by atoms with Crippen LogP contribution in [-0.4, -0.2) is 11.6 Å². The molecule has 2 heterocycles. The van der Waals surface area contributed by atoms with Gasteiger partial charge in [0, 0.05) is 5.56 Å². The number of carbonyl (C=O) groups excluding carboxylic acids is 1. The molecule has 1 fully saturated rings. The molecule has 1 saturated heterocycles. The molecule has 3 heteroatoms. The third kappa shape index (κ3) is 0.748. The Kier molecular flexibility index (Phi) is 1.05. The van der Waals surface area contributed by atoms with Crippen molar-refractivity contribution in [2.45, 2.75) is 18.6 Å². The third-order valence-electron chi connectivity index (χ3n) is 2.62. The lowest BCUT2D eigenvalue weighted by atomic mass is 9.98. The number of fused-ring (bicyclic) bond motifs is 3. The maximum atomic E-state index is 11.4. The molecule has 0 bridgehead atoms. The van der Waals surface area contributed by atoms with Gasteiger partial charge in [0.25, 0.3) is 0 Å². The second-order valence-electron chi connectivity index (χ2n) is 3.53. The van der Waals surface area contributed by atoms with E-state index in [4.69, 9.17) is 9.47 Å². The Hall–Kier alpha value is -1.35. The molecular formula is C10H8O3. The van der Waals surface area contributed by atoms with Crippen molar-refractivity contribution in [3.63, 3.8) is 0 Å². The maximum absolute atomic E-state index is 11.4. The number of ether oxygens (including phenoxy) is 2. The van der Waals surface area contributed by atoms with Crippen LogP contribution in [0.1, 0.15) is 18.6 Å². The molecule has 0 aromatic heterocycles. The van der Waals surface area contributed by atoms with Gasteiger partial charge in [-0.3, -0.25) is 0 Å². The molecule has 13 heavy (non-hydrogen) atoms. The number of hydrogen-bond donors (Lipinski definition) is 0. The van der Waals surface area contributed by atoms with Gasteiger partial charge in [-0.25, -0.2) is 4.79 Å². The van der Waals surface area contributed by atoms with Crippen LogP contribution in [0.2, 0.25) is 0 Å². The first-order valence-corrected chi connectivity index (χ1v) is 4.21. The van der Waals surface area contributed by atoms with Crippen LogP contribution < -0.4 is 4.74 Å². The molecule has 66 valence electrons. The van der Waals surface area contributed by atoms with Gasteiger partial charge < -0.3 is 9.47 Å². The van der Waals surface area contributed by atoms with E-state index in [1.54, 1.807) is 13.0 Å². The molecule has 3 rings (SSSR count). The maximum Gasteiger partial charge on any atom is 0.346 e. The van der Waals surface area contributed by atoms with Crippen molar-refractivity contribution in [1.29, 1.82) is 0 Å². The summed E-state index contributed by atoms with van der Waals surface area (Å²) >= 11 is 0. The summed E-state index contributed by atoms with van der Waals surface area (Å²) in [6.45, 7) is 1.76. The van der Waals surface area contributed by atoms with Crippen LogP contribution in [0, 0.1) is 0 Å². The molecule has 2 unspecified atom stereocenters. The minimum Gasteiger partial charge on any atom is -0.424 e. The van der Waals surface area contributed by atoms with Gasteiger partial charge in [0.2, 0.25) is 0 Å². The lowest BCUT2D eigenvalue weighted by molar-refractivity contribution is -0.140. The lowest BCUT2D eigenvalue weighted by Crippen LogP contribution is -2.30. The Labute approximate surface area is 75.3 Å². The van der Waals surface area contributed by atoms with E-state index in [1.807, 2.05) is 18.2 Å². The summed E-state index contributed by atoms with van der Waals surface area (Å²) in [7, 11) is 0. The molecule has 0 radical (unpaired) electrons. The van der Waals surface area contributed by atoms with Crippen LogP contribution in [0.5, 0.6) is 5.75 Å². The summed E-state index contributed by atoms with van der Waals surface area (Å²) in [6.07, 6.45) is -0.0926. The molecule has 0 spiro atoms. The monoisotopic (exact) mass is 176 g/mol. The van der Waals surface area contributed by atoms with Crippen molar-refractivity contribution in [3.05, 3.63) is 29.8 Å². The molecule has 2 atom stereocenters. The number of esters is 1. The second kappa shape index (κ2) is 1.93. The molecule has 1 aromatic carbocycles. The first-order chi connectivity index (χ1) is 6.22. The highest BCUT2D eigenvalue weighted by molar-refractivity contribution is 5.88. The van der Waals surface area contributed by atoms with E-state index in [9.17, 15) is 4.79 Å². The van der Waals surface area contributed by atoms with E-state index in [-0.39, 0.29) is 12.1 Å². The van der Waals surface area contributed by atoms with Crippen molar-refractivity contribution in [2.75, 3.05) is 0 Å². The van der Waals surface area contributed by atoms with Crippen molar-refractivity contribution in [1.82, 2.24) is 0 Å². The summed E-state index contributed by atoms with van der Waals surface area (Å²) in [5.74, 6) is 0.351. The van der Waals surface area contributed by atoms with Crippen LogP contribution in [-0.2, 0) is 9.53 Å². The number of hydrogen-bond acceptors (Lipinski definition) is 3. The van der Waals surface area contributed by atoms with Crippen molar-refractivity contribution in [2.24, 2.45) is 0 Å². The number of benzene rings is 1. The van der Waals surface area contributed by atoms with Crippen LogP contribution >= 0.6 is 0 Å². The summed E-state index contributed by atoms with van der Waals surface area (Å²) < 4.78 is 10.5. The highest BCUT2D eigenvalue weighted by Crippen LogP contribution is 2.55. The van der Waals surface area contributed by atoms with E-state index < -0.39 is 5.60 Å². The van der Waals surface area contributed by atoms with E-state index in [2.05, 4.69) is 0 Å². The largest absolute Gasteiger partial charge is 0.424 e. The Morgan fingerprint density at radius 3 is 3.00 bits per heavy atom. The first kappa shape index (κ1) is 7.09. The molecule has 3 nitrogen and oxygen atoms in total. The van der Waals surface area contributed by atoms with Gasteiger partial charge >= 0.3 is 5.97 Å². The molecule has 2 aliphatic rings. The van der Waals surface area contributed by atoms with Crippen molar-refractivity contribution >= 4 is 5.97 Å². The number of epoxide rings is 1. The number of para-hydroxylation sites is 1. The summed E-state index contributed by atoms with van der Waals surface area (Å²) in [5, 5.41) is 0. The number of carbonyl (C=O) groups is 1. The van der Waals surface area contributed by atoms with Gasteiger partial charge in [-0.05, 0) is 13.0 Å². The minimum absolute atomic E-state index is 0.0926. The molecule has 0 saturated carbocycles. The Bertz CT molecular complexity index is 399. The Morgan fingerprint density at radius 1 is 1.38 bits per heavy atom. The van der Waals surface area contributed by atoms with Crippen molar-refractivity contribution < 1.29 is 14.3 Å². The van der Waals surface area contributed by atoms with Crippen LogP contribution in [0.15, 0.2) is 24.3 Å². The molecule has 1 aromatic rings. The highest BCUT2D eigenvalue weighted by Gasteiger charge is 2.64. The van der Waals surface area contributed by atoms with Gasteiger partial charge in [-0.15, -0.1) is 0 Å². The highest BCUT2D eigenvalue weighted by atomic mass is 16.7. The normalized spacial score (nSPS) is 34.5. The fourth-order valence-corrected chi connectivity index (χ4v) is 1.72. The van der Waals surface area contributed by atoms with Gasteiger partial charge in [0.15, 0.2) is 5.60 Å². The molecule has 0 N–H and O–H groups in total. The topological polar surface area (TPSA) is 38.8 Å². The molecule has 0 amide bonds. The average molecular weight is 176 g/mol. The third-order valence-corrected chi connectivity index (χ3v) is 2.62. The van der Waals surface area contributed by atoms with Crippen molar-refractivity contribution in [3.8, 4) is 5.75 Å². The Morgan fingerprint density at radius 2 is 2.15 bits per heavy atom. The summed E-state index contributed by atoms with van der Waals surface area (Å²) in [4.78, 5) is 11.4. The van der Waals surface area contributed by atoms with Gasteiger partial charge in [0.1, 0.15) is 11.9 Å². The zero-order chi connectivity index (χ0) is 9.05. The molecule has 0 aliphatic carbocycles. The fourth-order valence-electron chi connectivity index (χ4n) is 1.72. The predicted molar refractivity (Wildman–Crippen MR) is 44.3 cm³/mol. The smallest absolute Gasteiger partial charge is 0.346 e. The average Bonchev–Trinajstić information content (AvgIpc) is 2.80. The SMILES string of the molecule is CC12OC1c1ccccc1OC2=O. The minimum atomic E-state index is -0.714. The zero-order valence-corrected chi connectivity index (χ0v) is 7.11. The van der Waals surface area contributed by atoms with Crippen LogP contribution in [0.25, 0.3) is 0 Å². The quantitative estimate of drug-likeness (QED) is 0.341. The van der Waals surface area contributed by atoms with E-state index >= 15 is 0 Å². The van der Waals surface area contributed by atoms with Crippen LogP contribution in [0.4, 0.5) is 0 Å². The summed E-state index contributed by atoms with van der Waals surface area (Å²) in [5.41, 5.74) is 0.263. The molecular weight excluding hydrogens is 168 g/mol. The van der Waals surface area contributed by atoms with E-state index in [0.717, 1.165) is 5.56 Å². The predicted octanol–water partition coefficient (Wildman–Crippen LogP) is 1.44. The first-order valence-electron chi connectivity index (χ1n) is 4.21. The Balaban J connectivity index is 2.17.